The summed E-state index contributed by atoms with van der Waals surface area (Å²) in [5.74, 6) is 0.379. The molecule has 1 aromatic heterocycles. The standard InChI is InChI=1S/C36H32FIN2O7S/c1-39-35(41)33-30-19-28(22-4-5-22)24(15-16-48(43,44)40-20-21-3-14-31(38)29(17-21)36(42)45-2)18-32(30)47-34(33)23-6-10-26(11-7-23)46-27-12-8-25(37)9-13-27/h3,6-14,17-19,22,40H,4-5,15-16,20H2,1-2H3,(H,39,41). The van der Waals surface area contributed by atoms with Crippen LogP contribution in [0.2, 0.25) is 0 Å². The van der Waals surface area contributed by atoms with E-state index in [9.17, 15) is 22.4 Å². The molecule has 1 saturated carbocycles. The Morgan fingerprint density at radius 1 is 0.979 bits per heavy atom. The molecule has 48 heavy (non-hydrogen) atoms. The molecule has 0 spiro atoms. The van der Waals surface area contributed by atoms with Gasteiger partial charge in [0.1, 0.15) is 28.7 Å². The number of furan rings is 1. The Hall–Kier alpha value is -4.27. The number of carbonyl (C=O) groups is 2. The van der Waals surface area contributed by atoms with Gasteiger partial charge in [-0.1, -0.05) is 6.07 Å². The van der Waals surface area contributed by atoms with Crippen LogP contribution in [-0.2, 0) is 27.7 Å². The van der Waals surface area contributed by atoms with E-state index in [1.807, 2.05) is 34.7 Å². The lowest BCUT2D eigenvalue weighted by Gasteiger charge is -2.12. The summed E-state index contributed by atoms with van der Waals surface area (Å²) in [7, 11) is -0.826. The number of carbonyl (C=O) groups excluding carboxylic acids is 2. The Labute approximate surface area is 291 Å². The highest BCUT2D eigenvalue weighted by Gasteiger charge is 2.30. The molecule has 0 aliphatic heterocycles. The number of hydrogen-bond donors (Lipinski definition) is 2. The fraction of sp³-hybridized carbons (Fsp3) is 0.222. The van der Waals surface area contributed by atoms with E-state index < -0.39 is 16.0 Å². The van der Waals surface area contributed by atoms with Crippen molar-refractivity contribution in [2.75, 3.05) is 19.9 Å². The van der Waals surface area contributed by atoms with Crippen LogP contribution in [0.15, 0.2) is 83.3 Å². The monoisotopic (exact) mass is 782 g/mol. The fourth-order valence-corrected chi connectivity index (χ4v) is 7.09. The molecule has 0 atom stereocenters. The van der Waals surface area contributed by atoms with Crippen molar-refractivity contribution in [1.82, 2.24) is 10.0 Å². The number of methoxy groups -OCH3 is 1. The number of esters is 1. The molecule has 1 aliphatic carbocycles. The quantitative estimate of drug-likeness (QED) is 0.100. The van der Waals surface area contributed by atoms with Gasteiger partial charge in [0.05, 0.1) is 24.0 Å². The highest BCUT2D eigenvalue weighted by Crippen LogP contribution is 2.45. The van der Waals surface area contributed by atoms with Crippen LogP contribution < -0.4 is 14.8 Å². The van der Waals surface area contributed by atoms with Gasteiger partial charge >= 0.3 is 5.97 Å². The third kappa shape index (κ3) is 7.55. The smallest absolute Gasteiger partial charge is 0.338 e. The van der Waals surface area contributed by atoms with E-state index in [2.05, 4.69) is 10.0 Å². The third-order valence-corrected chi connectivity index (χ3v) is 10.4. The molecule has 4 aromatic carbocycles. The van der Waals surface area contributed by atoms with E-state index in [4.69, 9.17) is 13.9 Å². The van der Waals surface area contributed by atoms with Crippen molar-refractivity contribution < 1.29 is 36.3 Å². The summed E-state index contributed by atoms with van der Waals surface area (Å²) < 4.78 is 59.8. The highest BCUT2D eigenvalue weighted by atomic mass is 127. The summed E-state index contributed by atoms with van der Waals surface area (Å²) in [5.41, 5.74) is 4.41. The average Bonchev–Trinajstić information content (AvgIpc) is 3.87. The van der Waals surface area contributed by atoms with Crippen LogP contribution in [0.4, 0.5) is 4.39 Å². The van der Waals surface area contributed by atoms with Gasteiger partial charge in [-0.3, -0.25) is 4.79 Å². The Kier molecular flexibility index (Phi) is 9.85. The lowest BCUT2D eigenvalue weighted by Crippen LogP contribution is -2.27. The summed E-state index contributed by atoms with van der Waals surface area (Å²) in [6.45, 7) is 0.0303. The fourth-order valence-electron chi connectivity index (χ4n) is 5.52. The van der Waals surface area contributed by atoms with Crippen LogP contribution in [0.25, 0.3) is 22.3 Å². The second-order valence-electron chi connectivity index (χ2n) is 11.5. The number of rotatable bonds is 12. The zero-order chi connectivity index (χ0) is 34.0. The van der Waals surface area contributed by atoms with Gasteiger partial charge in [0.15, 0.2) is 0 Å². The summed E-state index contributed by atoms with van der Waals surface area (Å²) in [6.07, 6.45) is 2.21. The van der Waals surface area contributed by atoms with Gasteiger partial charge < -0.3 is 19.2 Å². The van der Waals surface area contributed by atoms with E-state index in [0.29, 0.717) is 54.1 Å². The first kappa shape index (κ1) is 33.6. The summed E-state index contributed by atoms with van der Waals surface area (Å²) in [4.78, 5) is 25.3. The van der Waals surface area contributed by atoms with Gasteiger partial charge in [-0.15, -0.1) is 0 Å². The minimum atomic E-state index is -3.69. The number of fused-ring (bicyclic) bond motifs is 1. The first-order valence-corrected chi connectivity index (χ1v) is 18.0. The van der Waals surface area contributed by atoms with Gasteiger partial charge in [-0.2, -0.15) is 0 Å². The predicted molar refractivity (Wildman–Crippen MR) is 188 cm³/mol. The predicted octanol–water partition coefficient (Wildman–Crippen LogP) is 7.32. The molecule has 12 heteroatoms. The molecular weight excluding hydrogens is 750 g/mol. The number of benzene rings is 4. The molecule has 0 bridgehead atoms. The molecule has 5 aromatic rings. The highest BCUT2D eigenvalue weighted by molar-refractivity contribution is 14.1. The van der Waals surface area contributed by atoms with Gasteiger partial charge in [-0.05, 0) is 137 Å². The van der Waals surface area contributed by atoms with Crippen LogP contribution in [0.1, 0.15) is 56.2 Å². The Morgan fingerprint density at radius 3 is 2.31 bits per heavy atom. The number of sulfonamides is 1. The number of ether oxygens (including phenoxy) is 2. The maximum Gasteiger partial charge on any atom is 0.338 e. The first-order chi connectivity index (χ1) is 23.0. The van der Waals surface area contributed by atoms with Gasteiger partial charge in [0, 0.05) is 28.1 Å². The van der Waals surface area contributed by atoms with E-state index in [0.717, 1.165) is 24.0 Å². The van der Waals surface area contributed by atoms with Crippen molar-refractivity contribution in [1.29, 1.82) is 0 Å². The Balaban J connectivity index is 1.24. The largest absolute Gasteiger partial charge is 0.465 e. The molecule has 1 amide bonds. The summed E-state index contributed by atoms with van der Waals surface area (Å²) in [5, 5.41) is 3.37. The van der Waals surface area contributed by atoms with Crippen LogP contribution in [0, 0.1) is 9.39 Å². The number of amides is 1. The lowest BCUT2D eigenvalue weighted by molar-refractivity contribution is 0.0599. The Morgan fingerprint density at radius 2 is 1.67 bits per heavy atom. The van der Waals surface area contributed by atoms with Crippen molar-refractivity contribution in [2.45, 2.75) is 31.7 Å². The van der Waals surface area contributed by atoms with E-state index in [-0.39, 0.29) is 36.4 Å². The van der Waals surface area contributed by atoms with E-state index in [1.165, 1.54) is 31.4 Å². The van der Waals surface area contributed by atoms with Gasteiger partial charge in [-0.25, -0.2) is 22.3 Å². The lowest BCUT2D eigenvalue weighted by atomic mass is 9.96. The summed E-state index contributed by atoms with van der Waals surface area (Å²) >= 11 is 2.03. The van der Waals surface area contributed by atoms with Crippen molar-refractivity contribution in [2.24, 2.45) is 0 Å². The van der Waals surface area contributed by atoms with Crippen molar-refractivity contribution in [3.63, 3.8) is 0 Å². The number of nitrogens with one attached hydrogen (secondary N) is 2. The second-order valence-corrected chi connectivity index (χ2v) is 14.6. The molecule has 2 N–H and O–H groups in total. The van der Waals surface area contributed by atoms with E-state index in [1.54, 1.807) is 49.5 Å². The number of halogens is 2. The van der Waals surface area contributed by atoms with Crippen LogP contribution in [-0.4, -0.2) is 40.2 Å². The maximum absolute atomic E-state index is 13.3. The molecule has 0 radical (unpaired) electrons. The van der Waals surface area contributed by atoms with Crippen molar-refractivity contribution in [3.05, 3.63) is 116 Å². The summed E-state index contributed by atoms with van der Waals surface area (Å²) in [6, 6.07) is 21.7. The molecule has 0 unspecified atom stereocenters. The van der Waals surface area contributed by atoms with E-state index >= 15 is 0 Å². The zero-order valence-electron chi connectivity index (χ0n) is 26.1. The van der Waals surface area contributed by atoms with Crippen molar-refractivity contribution >= 4 is 55.5 Å². The minimum Gasteiger partial charge on any atom is -0.465 e. The van der Waals surface area contributed by atoms with Gasteiger partial charge in [0.2, 0.25) is 10.0 Å². The minimum absolute atomic E-state index is 0.0303. The molecule has 1 aliphatic rings. The zero-order valence-corrected chi connectivity index (χ0v) is 29.1. The molecule has 1 heterocycles. The molecule has 248 valence electrons. The second kappa shape index (κ2) is 14.1. The molecular formula is C36H32FIN2O7S. The van der Waals surface area contributed by atoms with Crippen LogP contribution >= 0.6 is 22.6 Å². The van der Waals surface area contributed by atoms with Crippen LogP contribution in [0.5, 0.6) is 11.5 Å². The normalized spacial score (nSPS) is 13.0. The molecule has 6 rings (SSSR count). The first-order valence-electron chi connectivity index (χ1n) is 15.2. The maximum atomic E-state index is 13.3. The van der Waals surface area contributed by atoms with Crippen LogP contribution in [0.3, 0.4) is 0 Å². The topological polar surface area (TPSA) is 124 Å². The molecule has 0 saturated heterocycles. The van der Waals surface area contributed by atoms with Crippen molar-refractivity contribution in [3.8, 4) is 22.8 Å². The van der Waals surface area contributed by atoms with Gasteiger partial charge in [0.25, 0.3) is 5.91 Å². The molecule has 1 fully saturated rings. The Bertz CT molecular complexity index is 2110. The number of aryl methyl sites for hydroxylation is 1. The SMILES string of the molecule is CNC(=O)c1c(-c2ccc(Oc3ccc(F)cc3)cc2)oc2cc(CCS(=O)(=O)NCc3ccc(I)c(C(=O)OC)c3)c(C3CC3)cc12. The molecule has 9 nitrogen and oxygen atoms in total. The third-order valence-electron chi connectivity index (χ3n) is 8.16. The average molecular weight is 783 g/mol. The number of hydrogen-bond acceptors (Lipinski definition) is 7.